The number of imide groups is 1. The van der Waals surface area contributed by atoms with Gasteiger partial charge in [-0.2, -0.15) is 0 Å². The molecule has 7 heteroatoms. The van der Waals surface area contributed by atoms with Crippen LogP contribution in [0.2, 0.25) is 0 Å². The molecule has 0 unspecified atom stereocenters. The van der Waals surface area contributed by atoms with Gasteiger partial charge in [-0.25, -0.2) is 0 Å². The average Bonchev–Trinajstić information content (AvgIpc) is 3.04. The molecular weight excluding hydrogens is 400 g/mol. The van der Waals surface area contributed by atoms with Gasteiger partial charge in [-0.05, 0) is 60.5 Å². The number of carbonyl (C=O) groups excluding carboxylic acids is 2. The molecule has 0 aliphatic carbocycles. The molecule has 2 aromatic carbocycles. The zero-order chi connectivity index (χ0) is 21.5. The van der Waals surface area contributed by atoms with Crippen LogP contribution < -0.4 is 14.8 Å². The van der Waals surface area contributed by atoms with Gasteiger partial charge in [-0.1, -0.05) is 25.5 Å². The summed E-state index contributed by atoms with van der Waals surface area (Å²) in [6.45, 7) is 2.29. The van der Waals surface area contributed by atoms with Crippen LogP contribution in [0, 0.1) is 0 Å². The molecule has 158 valence electrons. The average molecular weight is 427 g/mol. The first-order valence-corrected chi connectivity index (χ1v) is 10.7. The van der Waals surface area contributed by atoms with E-state index in [0.717, 1.165) is 36.7 Å². The third-order valence-corrected chi connectivity index (χ3v) is 5.72. The first kappa shape index (κ1) is 21.8. The number of ether oxygens (including phenoxy) is 2. The van der Waals surface area contributed by atoms with Gasteiger partial charge in [0.05, 0.1) is 25.8 Å². The number of nitrogens with zero attached hydrogens (tertiary/aromatic N) is 1. The molecule has 1 saturated heterocycles. The summed E-state index contributed by atoms with van der Waals surface area (Å²) in [5.74, 6) is 0.902. The maximum absolute atomic E-state index is 12.7. The van der Waals surface area contributed by atoms with Crippen LogP contribution in [-0.4, -0.2) is 36.9 Å². The second kappa shape index (κ2) is 10.2. The largest absolute Gasteiger partial charge is 0.497 e. The number of methoxy groups -OCH3 is 2. The van der Waals surface area contributed by atoms with Gasteiger partial charge in [-0.3, -0.25) is 14.5 Å². The predicted molar refractivity (Wildman–Crippen MR) is 121 cm³/mol. The zero-order valence-electron chi connectivity index (χ0n) is 17.4. The quantitative estimate of drug-likeness (QED) is 0.559. The Labute approximate surface area is 181 Å². The fraction of sp³-hybridized carbons (Fsp3) is 0.304. The molecule has 30 heavy (non-hydrogen) atoms. The Balaban J connectivity index is 1.67. The molecule has 1 aliphatic heterocycles. The van der Waals surface area contributed by atoms with E-state index in [1.807, 2.05) is 12.1 Å². The highest BCUT2D eigenvalue weighted by atomic mass is 32.2. The number of carbonyl (C=O) groups is 2. The fourth-order valence-electron chi connectivity index (χ4n) is 3.06. The van der Waals surface area contributed by atoms with Crippen molar-refractivity contribution in [3.8, 4) is 11.5 Å². The number of hydrogen-bond donors (Lipinski definition) is 1. The van der Waals surface area contributed by atoms with E-state index in [4.69, 9.17) is 9.47 Å². The van der Waals surface area contributed by atoms with Crippen molar-refractivity contribution in [3.63, 3.8) is 0 Å². The third kappa shape index (κ3) is 5.16. The smallest absolute Gasteiger partial charge is 0.295 e. The molecule has 0 spiro atoms. The molecule has 2 amide bonds. The van der Waals surface area contributed by atoms with Gasteiger partial charge in [0.15, 0.2) is 0 Å². The van der Waals surface area contributed by atoms with Crippen LogP contribution in [0.5, 0.6) is 11.5 Å². The summed E-state index contributed by atoms with van der Waals surface area (Å²) in [7, 11) is 3.13. The normalized spacial score (nSPS) is 15.0. The van der Waals surface area contributed by atoms with Crippen molar-refractivity contribution in [2.75, 3.05) is 26.2 Å². The lowest BCUT2D eigenvalue weighted by molar-refractivity contribution is -0.122. The topological polar surface area (TPSA) is 67.9 Å². The maximum atomic E-state index is 12.7. The number of unbranched alkanes of at least 4 members (excludes halogenated alkanes) is 1. The van der Waals surface area contributed by atoms with Crippen LogP contribution in [0.25, 0.3) is 6.08 Å². The first-order valence-electron chi connectivity index (χ1n) is 9.86. The van der Waals surface area contributed by atoms with E-state index < -0.39 is 0 Å². The molecule has 1 N–H and O–H groups in total. The minimum Gasteiger partial charge on any atom is -0.497 e. The van der Waals surface area contributed by atoms with Crippen molar-refractivity contribution in [2.45, 2.75) is 26.2 Å². The summed E-state index contributed by atoms with van der Waals surface area (Å²) < 4.78 is 10.6. The molecule has 6 nitrogen and oxygen atoms in total. The number of rotatable bonds is 9. The molecule has 1 aliphatic rings. The van der Waals surface area contributed by atoms with Gasteiger partial charge in [-0.15, -0.1) is 0 Å². The number of thioether (sulfide) groups is 1. The van der Waals surface area contributed by atoms with Gasteiger partial charge in [0.2, 0.25) is 0 Å². The van der Waals surface area contributed by atoms with E-state index >= 15 is 0 Å². The highest BCUT2D eigenvalue weighted by Gasteiger charge is 2.35. The summed E-state index contributed by atoms with van der Waals surface area (Å²) in [5.41, 5.74) is 2.86. The first-order chi connectivity index (χ1) is 14.5. The lowest BCUT2D eigenvalue weighted by Gasteiger charge is -2.15. The molecule has 0 atom stereocenters. The molecule has 0 saturated carbocycles. The lowest BCUT2D eigenvalue weighted by atomic mass is 10.1. The molecule has 1 fully saturated rings. The van der Waals surface area contributed by atoms with Crippen molar-refractivity contribution < 1.29 is 19.1 Å². The van der Waals surface area contributed by atoms with Gasteiger partial charge in [0, 0.05) is 17.3 Å². The number of hydrogen-bond acceptors (Lipinski definition) is 6. The lowest BCUT2D eigenvalue weighted by Crippen LogP contribution is -2.33. The van der Waals surface area contributed by atoms with E-state index in [1.54, 1.807) is 38.5 Å². The van der Waals surface area contributed by atoms with Crippen LogP contribution in [0.15, 0.2) is 47.4 Å². The van der Waals surface area contributed by atoms with E-state index in [9.17, 15) is 9.59 Å². The summed E-state index contributed by atoms with van der Waals surface area (Å²) >= 11 is 0.924. The van der Waals surface area contributed by atoms with Gasteiger partial charge < -0.3 is 14.8 Å². The Kier molecular flexibility index (Phi) is 7.41. The van der Waals surface area contributed by atoms with Crippen LogP contribution >= 0.6 is 11.8 Å². The zero-order valence-corrected chi connectivity index (χ0v) is 18.3. The molecular formula is C23H26N2O4S. The summed E-state index contributed by atoms with van der Waals surface area (Å²) in [6, 6.07) is 13.4. The molecule has 0 bridgehead atoms. The third-order valence-electron chi connectivity index (χ3n) is 4.82. The Morgan fingerprint density at radius 2 is 1.83 bits per heavy atom. The fourth-order valence-corrected chi connectivity index (χ4v) is 3.88. The van der Waals surface area contributed by atoms with Crippen LogP contribution in [0.3, 0.4) is 0 Å². The second-order valence-electron chi connectivity index (χ2n) is 6.85. The van der Waals surface area contributed by atoms with E-state index in [2.05, 4.69) is 24.4 Å². The van der Waals surface area contributed by atoms with E-state index in [0.29, 0.717) is 22.0 Å². The van der Waals surface area contributed by atoms with Gasteiger partial charge in [0.25, 0.3) is 11.1 Å². The summed E-state index contributed by atoms with van der Waals surface area (Å²) in [5, 5.41) is 2.86. The van der Waals surface area contributed by atoms with Crippen LogP contribution in [0.4, 0.5) is 10.5 Å². The van der Waals surface area contributed by atoms with E-state index in [-0.39, 0.29) is 17.8 Å². The minimum atomic E-state index is -0.324. The van der Waals surface area contributed by atoms with Crippen LogP contribution in [-0.2, 0) is 11.2 Å². The van der Waals surface area contributed by atoms with E-state index in [1.165, 1.54) is 10.5 Å². The summed E-state index contributed by atoms with van der Waals surface area (Å²) in [6.07, 6.45) is 5.05. The minimum absolute atomic E-state index is 0.121. The standard InChI is InChI=1S/C23H26N2O4S/c1-4-5-6-16-7-10-18(11-8-16)24-15-25-22(26)21(30-23(25)27)13-17-9-12-19(28-2)14-20(17)29-3/h7-14,24H,4-6,15H2,1-3H3/b21-13+. The molecule has 1 heterocycles. The number of amides is 2. The number of anilines is 1. The Morgan fingerprint density at radius 1 is 1.07 bits per heavy atom. The highest BCUT2D eigenvalue weighted by molar-refractivity contribution is 8.18. The van der Waals surface area contributed by atoms with Crippen molar-refractivity contribution in [2.24, 2.45) is 0 Å². The summed E-state index contributed by atoms with van der Waals surface area (Å²) in [4.78, 5) is 26.7. The second-order valence-corrected chi connectivity index (χ2v) is 7.85. The Hall–Kier alpha value is -2.93. The Bertz CT molecular complexity index is 941. The van der Waals surface area contributed by atoms with Gasteiger partial charge >= 0.3 is 0 Å². The maximum Gasteiger partial charge on any atom is 0.295 e. The molecule has 0 aromatic heterocycles. The Morgan fingerprint density at radius 3 is 2.50 bits per heavy atom. The van der Waals surface area contributed by atoms with Crippen molar-refractivity contribution in [1.82, 2.24) is 4.90 Å². The SMILES string of the molecule is CCCCc1ccc(NCN2C(=O)S/C(=C/c3ccc(OC)cc3OC)C2=O)cc1. The monoisotopic (exact) mass is 426 g/mol. The molecule has 0 radical (unpaired) electrons. The molecule has 3 rings (SSSR count). The van der Waals surface area contributed by atoms with Gasteiger partial charge in [0.1, 0.15) is 11.5 Å². The number of benzene rings is 2. The number of nitrogens with one attached hydrogen (secondary N) is 1. The van der Waals surface area contributed by atoms with Crippen molar-refractivity contribution in [3.05, 3.63) is 58.5 Å². The predicted octanol–water partition coefficient (Wildman–Crippen LogP) is 5.15. The van der Waals surface area contributed by atoms with Crippen molar-refractivity contribution in [1.29, 1.82) is 0 Å². The van der Waals surface area contributed by atoms with Crippen molar-refractivity contribution >= 4 is 34.7 Å². The van der Waals surface area contributed by atoms with Crippen LogP contribution in [0.1, 0.15) is 30.9 Å². The highest BCUT2D eigenvalue weighted by Crippen LogP contribution is 2.35. The molecule has 2 aromatic rings. The number of aryl methyl sites for hydroxylation is 1.